The zero-order valence-electron chi connectivity index (χ0n) is 21.9. The third kappa shape index (κ3) is 5.29. The lowest BCUT2D eigenvalue weighted by Gasteiger charge is -2.09. The maximum atomic E-state index is 13.0. The molecule has 0 bridgehead atoms. The summed E-state index contributed by atoms with van der Waals surface area (Å²) in [6.07, 6.45) is 3.64. The van der Waals surface area contributed by atoms with E-state index in [-0.39, 0.29) is 22.2 Å². The van der Waals surface area contributed by atoms with Crippen molar-refractivity contribution in [2.24, 2.45) is 0 Å². The SMILES string of the molecule is Cc1cc2c(ccn2-c2ccc(F)cc2)c(Cl)c1C(=O)O.Cc1cc2c(ccn2-c2ccc(F)cc2)cc1C(=O)O. The van der Waals surface area contributed by atoms with Gasteiger partial charge in [0.05, 0.1) is 27.2 Å². The molecule has 2 heterocycles. The number of benzene rings is 4. The number of hydrogen-bond donors (Lipinski definition) is 2. The highest BCUT2D eigenvalue weighted by Crippen LogP contribution is 2.32. The zero-order chi connectivity index (χ0) is 29.4. The van der Waals surface area contributed by atoms with Crippen molar-refractivity contribution in [3.63, 3.8) is 0 Å². The molecular formula is C32H23ClF2N2O4. The maximum absolute atomic E-state index is 13.0. The zero-order valence-corrected chi connectivity index (χ0v) is 22.7. The van der Waals surface area contributed by atoms with E-state index in [9.17, 15) is 23.5 Å². The molecule has 0 amide bonds. The molecule has 0 aliphatic rings. The first-order valence-electron chi connectivity index (χ1n) is 12.5. The van der Waals surface area contributed by atoms with Crippen LogP contribution in [0.25, 0.3) is 33.2 Å². The quantitative estimate of drug-likeness (QED) is 0.223. The minimum Gasteiger partial charge on any atom is -0.478 e. The van der Waals surface area contributed by atoms with Crippen LogP contribution in [0.3, 0.4) is 0 Å². The highest BCUT2D eigenvalue weighted by atomic mass is 35.5. The summed E-state index contributed by atoms with van der Waals surface area (Å²) in [5, 5.41) is 20.1. The van der Waals surface area contributed by atoms with Gasteiger partial charge in [0, 0.05) is 34.5 Å². The molecule has 0 atom stereocenters. The minimum absolute atomic E-state index is 0.112. The molecule has 2 N–H and O–H groups in total. The Morgan fingerprint density at radius 3 is 1.73 bits per heavy atom. The number of aryl methyl sites for hydroxylation is 2. The van der Waals surface area contributed by atoms with E-state index in [1.807, 2.05) is 27.5 Å². The van der Waals surface area contributed by atoms with Crippen molar-refractivity contribution in [1.29, 1.82) is 0 Å². The summed E-state index contributed by atoms with van der Waals surface area (Å²) < 4.78 is 29.7. The van der Waals surface area contributed by atoms with E-state index in [1.165, 1.54) is 24.3 Å². The molecule has 0 fully saturated rings. The van der Waals surface area contributed by atoms with Crippen molar-refractivity contribution in [3.05, 3.63) is 130 Å². The molecular weight excluding hydrogens is 550 g/mol. The lowest BCUT2D eigenvalue weighted by molar-refractivity contribution is 0.0685. The topological polar surface area (TPSA) is 84.5 Å². The molecule has 0 unspecified atom stereocenters. The van der Waals surface area contributed by atoms with Crippen LogP contribution in [-0.4, -0.2) is 31.3 Å². The second kappa shape index (κ2) is 10.9. The lowest BCUT2D eigenvalue weighted by atomic mass is 10.1. The van der Waals surface area contributed by atoms with Gasteiger partial charge in [0.1, 0.15) is 11.6 Å². The Morgan fingerprint density at radius 1 is 0.683 bits per heavy atom. The number of aromatic nitrogens is 2. The van der Waals surface area contributed by atoms with Crippen LogP contribution in [0, 0.1) is 25.5 Å². The van der Waals surface area contributed by atoms with E-state index in [0.717, 1.165) is 27.8 Å². The van der Waals surface area contributed by atoms with E-state index in [0.29, 0.717) is 22.1 Å². The lowest BCUT2D eigenvalue weighted by Crippen LogP contribution is -2.02. The van der Waals surface area contributed by atoms with Gasteiger partial charge < -0.3 is 19.3 Å². The molecule has 0 aliphatic heterocycles. The Bertz CT molecular complexity index is 1940. The maximum Gasteiger partial charge on any atom is 0.337 e. The standard InChI is InChI=1S/C16H11ClFNO2.C16H12FNO2/c1-9-8-13-12(15(17)14(9)16(20)21)6-7-19(13)11-4-2-10(18)3-5-11;1-10-8-15-11(9-14(10)16(19)20)6-7-18(15)13-4-2-12(17)3-5-13/h2-8H,1H3,(H,20,21);2-9H,1H3,(H,19,20). The number of aromatic carboxylic acids is 2. The molecule has 206 valence electrons. The van der Waals surface area contributed by atoms with Crippen molar-refractivity contribution in [2.75, 3.05) is 0 Å². The fraction of sp³-hybridized carbons (Fsp3) is 0.0625. The molecule has 6 aromatic rings. The van der Waals surface area contributed by atoms with Gasteiger partial charge in [-0.3, -0.25) is 0 Å². The van der Waals surface area contributed by atoms with Crippen LogP contribution in [0.2, 0.25) is 5.02 Å². The van der Waals surface area contributed by atoms with Crippen molar-refractivity contribution >= 4 is 45.3 Å². The molecule has 0 saturated carbocycles. The molecule has 6 nitrogen and oxygen atoms in total. The molecule has 0 saturated heterocycles. The summed E-state index contributed by atoms with van der Waals surface area (Å²) in [7, 11) is 0. The Labute approximate surface area is 238 Å². The van der Waals surface area contributed by atoms with E-state index < -0.39 is 11.9 Å². The van der Waals surface area contributed by atoms with Gasteiger partial charge in [0.2, 0.25) is 0 Å². The third-order valence-electron chi connectivity index (χ3n) is 6.82. The van der Waals surface area contributed by atoms with Crippen molar-refractivity contribution in [2.45, 2.75) is 13.8 Å². The summed E-state index contributed by atoms with van der Waals surface area (Å²) in [6.45, 7) is 3.47. The number of fused-ring (bicyclic) bond motifs is 2. The number of carboxylic acid groups (broad SMARTS) is 2. The predicted octanol–water partition coefficient (Wildman–Crippen LogP) is 8.21. The molecule has 41 heavy (non-hydrogen) atoms. The Morgan fingerprint density at radius 2 is 1.20 bits per heavy atom. The van der Waals surface area contributed by atoms with Crippen molar-refractivity contribution in [1.82, 2.24) is 9.13 Å². The van der Waals surface area contributed by atoms with Crippen LogP contribution in [0.4, 0.5) is 8.78 Å². The van der Waals surface area contributed by atoms with Crippen LogP contribution < -0.4 is 0 Å². The smallest absolute Gasteiger partial charge is 0.337 e. The number of carboxylic acids is 2. The third-order valence-corrected chi connectivity index (χ3v) is 7.21. The van der Waals surface area contributed by atoms with E-state index in [4.69, 9.17) is 16.7 Å². The van der Waals surface area contributed by atoms with Crippen LogP contribution in [0.1, 0.15) is 31.8 Å². The van der Waals surface area contributed by atoms with Gasteiger partial charge in [-0.25, -0.2) is 18.4 Å². The molecule has 6 rings (SSSR count). The Kier molecular flexibility index (Phi) is 7.34. The summed E-state index contributed by atoms with van der Waals surface area (Å²) in [5.41, 5.74) is 5.01. The van der Waals surface area contributed by atoms with Gasteiger partial charge >= 0.3 is 11.9 Å². The first-order chi connectivity index (χ1) is 19.5. The van der Waals surface area contributed by atoms with Crippen LogP contribution >= 0.6 is 11.6 Å². The molecule has 0 aliphatic carbocycles. The fourth-order valence-electron chi connectivity index (χ4n) is 4.80. The van der Waals surface area contributed by atoms with Gasteiger partial charge in [-0.15, -0.1) is 0 Å². The number of rotatable bonds is 4. The Hall–Kier alpha value is -4.95. The van der Waals surface area contributed by atoms with Crippen LogP contribution in [0.15, 0.2) is 91.3 Å². The molecule has 0 spiro atoms. The van der Waals surface area contributed by atoms with Gasteiger partial charge in [-0.2, -0.15) is 0 Å². The number of hydrogen-bond acceptors (Lipinski definition) is 2. The highest BCUT2D eigenvalue weighted by molar-refractivity contribution is 6.38. The monoisotopic (exact) mass is 572 g/mol. The molecule has 0 radical (unpaired) electrons. The van der Waals surface area contributed by atoms with Crippen LogP contribution in [0.5, 0.6) is 0 Å². The van der Waals surface area contributed by atoms with Crippen molar-refractivity contribution < 1.29 is 28.6 Å². The highest BCUT2D eigenvalue weighted by Gasteiger charge is 2.18. The fourth-order valence-corrected chi connectivity index (χ4v) is 5.19. The average Bonchev–Trinajstić information content (AvgIpc) is 3.53. The summed E-state index contributed by atoms with van der Waals surface area (Å²) >= 11 is 6.21. The van der Waals surface area contributed by atoms with Gasteiger partial charge in [0.15, 0.2) is 0 Å². The largest absolute Gasteiger partial charge is 0.478 e. The summed E-state index contributed by atoms with van der Waals surface area (Å²) in [5.74, 6) is -2.57. The normalized spacial score (nSPS) is 11.0. The Balaban J connectivity index is 0.000000165. The van der Waals surface area contributed by atoms with E-state index in [2.05, 4.69) is 0 Å². The average molecular weight is 573 g/mol. The predicted molar refractivity (Wildman–Crippen MR) is 155 cm³/mol. The van der Waals surface area contributed by atoms with E-state index >= 15 is 0 Å². The molecule has 2 aromatic heterocycles. The first-order valence-corrected chi connectivity index (χ1v) is 12.8. The van der Waals surface area contributed by atoms with E-state index in [1.54, 1.807) is 62.5 Å². The minimum atomic E-state index is -1.05. The molecule has 9 heteroatoms. The first kappa shape index (κ1) is 27.6. The van der Waals surface area contributed by atoms with Crippen LogP contribution in [-0.2, 0) is 0 Å². The summed E-state index contributed by atoms with van der Waals surface area (Å²) in [6, 6.07) is 21.1. The second-order valence-electron chi connectivity index (χ2n) is 9.48. The number of carbonyl (C=O) groups is 2. The molecule has 4 aromatic carbocycles. The van der Waals surface area contributed by atoms with Gasteiger partial charge in [-0.1, -0.05) is 11.6 Å². The van der Waals surface area contributed by atoms with Gasteiger partial charge in [0.25, 0.3) is 0 Å². The number of nitrogens with zero attached hydrogens (tertiary/aromatic N) is 2. The number of halogens is 3. The van der Waals surface area contributed by atoms with Crippen molar-refractivity contribution in [3.8, 4) is 11.4 Å². The second-order valence-corrected chi connectivity index (χ2v) is 9.85. The summed E-state index contributed by atoms with van der Waals surface area (Å²) in [4.78, 5) is 22.4. The van der Waals surface area contributed by atoms with Gasteiger partial charge in [-0.05, 0) is 104 Å².